The van der Waals surface area contributed by atoms with E-state index < -0.39 is 0 Å². The molecule has 3 aromatic rings. The molecule has 26 heavy (non-hydrogen) atoms. The molecule has 0 aliphatic rings. The van der Waals surface area contributed by atoms with E-state index in [0.717, 1.165) is 25.9 Å². The summed E-state index contributed by atoms with van der Waals surface area (Å²) >= 11 is 7.57. The van der Waals surface area contributed by atoms with Crippen molar-refractivity contribution in [3.8, 4) is 6.07 Å². The highest BCUT2D eigenvalue weighted by atomic mass is 35.5. The van der Waals surface area contributed by atoms with E-state index in [4.69, 9.17) is 21.7 Å². The van der Waals surface area contributed by atoms with Crippen LogP contribution in [0.15, 0.2) is 87.7 Å². The molecule has 0 heterocycles. The Labute approximate surface area is 161 Å². The molecule has 0 saturated heterocycles. The van der Waals surface area contributed by atoms with E-state index >= 15 is 0 Å². The topological polar surface area (TPSA) is 45.4 Å². The second-order valence-corrected chi connectivity index (χ2v) is 6.99. The molecule has 0 N–H and O–H groups in total. The standard InChI is InChI=1S/C21H15ClN2OS/c22-19-7-11-21(12-8-19)26-20-9-5-16(6-10-20)14-24-25-15-18-4-2-1-3-17(18)13-23/h1-12,14H,15H2/b24-14-. The summed E-state index contributed by atoms with van der Waals surface area (Å²) in [5, 5.41) is 13.8. The predicted octanol–water partition coefficient (Wildman–Crippen LogP) is 5.91. The quantitative estimate of drug-likeness (QED) is 0.395. The molecule has 128 valence electrons. The molecule has 5 heteroatoms. The summed E-state index contributed by atoms with van der Waals surface area (Å²) in [6.45, 7) is 0.269. The minimum absolute atomic E-state index is 0.269. The van der Waals surface area contributed by atoms with Crippen LogP contribution in [0.25, 0.3) is 0 Å². The van der Waals surface area contributed by atoms with Crippen LogP contribution in [-0.2, 0) is 11.4 Å². The van der Waals surface area contributed by atoms with Crippen LogP contribution in [0, 0.1) is 11.3 Å². The summed E-state index contributed by atoms with van der Waals surface area (Å²) in [4.78, 5) is 7.57. The lowest BCUT2D eigenvalue weighted by molar-refractivity contribution is 0.132. The van der Waals surface area contributed by atoms with Crippen molar-refractivity contribution < 1.29 is 4.84 Å². The Morgan fingerprint density at radius 1 is 0.962 bits per heavy atom. The second kappa shape index (κ2) is 9.10. The van der Waals surface area contributed by atoms with Crippen molar-refractivity contribution in [2.45, 2.75) is 16.4 Å². The molecular formula is C21H15ClN2OS. The predicted molar refractivity (Wildman–Crippen MR) is 106 cm³/mol. The molecule has 0 saturated carbocycles. The van der Waals surface area contributed by atoms with Gasteiger partial charge in [0.25, 0.3) is 0 Å². The van der Waals surface area contributed by atoms with Crippen LogP contribution < -0.4 is 0 Å². The number of nitriles is 1. The Bertz CT molecular complexity index is 931. The lowest BCUT2D eigenvalue weighted by Gasteiger charge is -2.03. The van der Waals surface area contributed by atoms with E-state index in [2.05, 4.69) is 11.2 Å². The molecule has 3 nitrogen and oxygen atoms in total. The van der Waals surface area contributed by atoms with Crippen LogP contribution in [0.2, 0.25) is 5.02 Å². The third kappa shape index (κ3) is 5.13. The van der Waals surface area contributed by atoms with Crippen molar-refractivity contribution in [1.29, 1.82) is 5.26 Å². The molecular weight excluding hydrogens is 364 g/mol. The van der Waals surface area contributed by atoms with E-state index in [-0.39, 0.29) is 6.61 Å². The van der Waals surface area contributed by atoms with Crippen LogP contribution in [-0.4, -0.2) is 6.21 Å². The third-order valence-electron chi connectivity index (χ3n) is 3.56. The van der Waals surface area contributed by atoms with Gasteiger partial charge in [-0.1, -0.05) is 58.9 Å². The lowest BCUT2D eigenvalue weighted by Crippen LogP contribution is -1.92. The molecule has 0 bridgehead atoms. The summed E-state index contributed by atoms with van der Waals surface area (Å²) < 4.78 is 0. The van der Waals surface area contributed by atoms with E-state index in [1.165, 1.54) is 0 Å². The third-order valence-corrected chi connectivity index (χ3v) is 4.83. The highest BCUT2D eigenvalue weighted by Gasteiger charge is 2.00. The zero-order chi connectivity index (χ0) is 18.2. The van der Waals surface area contributed by atoms with Crippen LogP contribution in [0.3, 0.4) is 0 Å². The first-order valence-electron chi connectivity index (χ1n) is 7.91. The number of nitrogens with zero attached hydrogens (tertiary/aromatic N) is 2. The molecule has 0 fully saturated rings. The van der Waals surface area contributed by atoms with Gasteiger partial charge in [0.05, 0.1) is 17.8 Å². The fraction of sp³-hybridized carbons (Fsp3) is 0.0476. The molecule has 3 rings (SSSR count). The number of rotatable bonds is 6. The zero-order valence-corrected chi connectivity index (χ0v) is 15.4. The monoisotopic (exact) mass is 378 g/mol. The molecule has 0 aliphatic carbocycles. The number of oxime groups is 1. The molecule has 0 unspecified atom stereocenters. The highest BCUT2D eigenvalue weighted by molar-refractivity contribution is 7.99. The summed E-state index contributed by atoms with van der Waals surface area (Å²) in [6, 6.07) is 25.2. The Kier molecular flexibility index (Phi) is 6.32. The van der Waals surface area contributed by atoms with E-state index in [9.17, 15) is 0 Å². The fourth-order valence-electron chi connectivity index (χ4n) is 2.22. The minimum atomic E-state index is 0.269. The Morgan fingerprint density at radius 2 is 1.62 bits per heavy atom. The van der Waals surface area contributed by atoms with Crippen LogP contribution >= 0.6 is 23.4 Å². The van der Waals surface area contributed by atoms with Gasteiger partial charge in [0, 0.05) is 20.4 Å². The molecule has 0 spiro atoms. The number of benzene rings is 3. The zero-order valence-electron chi connectivity index (χ0n) is 13.8. The van der Waals surface area contributed by atoms with Gasteiger partial charge in [0.1, 0.15) is 6.61 Å². The van der Waals surface area contributed by atoms with Gasteiger partial charge < -0.3 is 4.84 Å². The SMILES string of the molecule is N#Cc1ccccc1CO/N=C\c1ccc(Sc2ccc(Cl)cc2)cc1. The molecule has 0 aromatic heterocycles. The van der Waals surface area contributed by atoms with E-state index in [1.54, 1.807) is 24.0 Å². The van der Waals surface area contributed by atoms with Gasteiger partial charge in [-0.2, -0.15) is 5.26 Å². The summed E-state index contributed by atoms with van der Waals surface area (Å²) in [5.74, 6) is 0. The van der Waals surface area contributed by atoms with Crippen LogP contribution in [0.4, 0.5) is 0 Å². The van der Waals surface area contributed by atoms with Gasteiger partial charge >= 0.3 is 0 Å². The summed E-state index contributed by atoms with van der Waals surface area (Å²) in [7, 11) is 0. The van der Waals surface area contributed by atoms with Crippen molar-refractivity contribution >= 4 is 29.6 Å². The van der Waals surface area contributed by atoms with E-state index in [1.807, 2.05) is 66.7 Å². The van der Waals surface area contributed by atoms with Crippen molar-refractivity contribution in [3.63, 3.8) is 0 Å². The highest BCUT2D eigenvalue weighted by Crippen LogP contribution is 2.28. The maximum absolute atomic E-state index is 9.05. The minimum Gasteiger partial charge on any atom is -0.391 e. The van der Waals surface area contributed by atoms with Gasteiger partial charge in [-0.15, -0.1) is 0 Å². The van der Waals surface area contributed by atoms with Gasteiger partial charge in [0.2, 0.25) is 0 Å². The lowest BCUT2D eigenvalue weighted by atomic mass is 10.1. The van der Waals surface area contributed by atoms with Crippen molar-refractivity contribution in [2.75, 3.05) is 0 Å². The van der Waals surface area contributed by atoms with Crippen molar-refractivity contribution in [1.82, 2.24) is 0 Å². The summed E-state index contributed by atoms with van der Waals surface area (Å²) in [6.07, 6.45) is 1.66. The first kappa shape index (κ1) is 18.1. The molecule has 0 amide bonds. The molecule has 0 aliphatic heterocycles. The first-order valence-corrected chi connectivity index (χ1v) is 9.11. The average molecular weight is 379 g/mol. The number of halogens is 1. The van der Waals surface area contributed by atoms with Gasteiger partial charge in [-0.05, 0) is 48.0 Å². The maximum Gasteiger partial charge on any atom is 0.143 e. The second-order valence-electron chi connectivity index (χ2n) is 5.40. The number of hydrogen-bond acceptors (Lipinski definition) is 4. The number of hydrogen-bond donors (Lipinski definition) is 0. The average Bonchev–Trinajstić information content (AvgIpc) is 2.68. The van der Waals surface area contributed by atoms with Crippen LogP contribution in [0.5, 0.6) is 0 Å². The Balaban J connectivity index is 1.54. The van der Waals surface area contributed by atoms with Gasteiger partial charge in [0.15, 0.2) is 0 Å². The largest absolute Gasteiger partial charge is 0.391 e. The van der Waals surface area contributed by atoms with Gasteiger partial charge in [-0.25, -0.2) is 0 Å². The molecule has 0 atom stereocenters. The van der Waals surface area contributed by atoms with Crippen molar-refractivity contribution in [2.24, 2.45) is 5.16 Å². The fourth-order valence-corrected chi connectivity index (χ4v) is 3.16. The normalized spacial score (nSPS) is 10.6. The molecule has 0 radical (unpaired) electrons. The first-order chi connectivity index (χ1) is 12.7. The Hall–Kier alpha value is -2.74. The molecule has 3 aromatic carbocycles. The van der Waals surface area contributed by atoms with Crippen molar-refractivity contribution in [3.05, 3.63) is 94.5 Å². The summed E-state index contributed by atoms with van der Waals surface area (Å²) in [5.41, 5.74) is 2.37. The Morgan fingerprint density at radius 3 is 2.31 bits per heavy atom. The van der Waals surface area contributed by atoms with Crippen LogP contribution in [0.1, 0.15) is 16.7 Å². The van der Waals surface area contributed by atoms with E-state index in [0.29, 0.717) is 5.56 Å². The maximum atomic E-state index is 9.05. The van der Waals surface area contributed by atoms with Gasteiger partial charge in [-0.3, -0.25) is 0 Å². The smallest absolute Gasteiger partial charge is 0.143 e.